The zero-order valence-corrected chi connectivity index (χ0v) is 8.69. The lowest BCUT2D eigenvalue weighted by molar-refractivity contribution is -0.114. The van der Waals surface area contributed by atoms with Crippen molar-refractivity contribution in [3.8, 4) is 0 Å². The minimum atomic E-state index is -1.11. The second kappa shape index (κ2) is 3.93. The number of amides is 1. The molecule has 16 heavy (non-hydrogen) atoms. The molecule has 0 saturated heterocycles. The first-order valence-corrected chi connectivity index (χ1v) is 4.77. The molecule has 1 aliphatic heterocycles. The van der Waals surface area contributed by atoms with E-state index in [9.17, 15) is 9.59 Å². The molecule has 0 aliphatic carbocycles. The Kier molecular flexibility index (Phi) is 2.61. The molecule has 7 nitrogen and oxygen atoms in total. The van der Waals surface area contributed by atoms with Gasteiger partial charge >= 0.3 is 5.97 Å². The summed E-state index contributed by atoms with van der Waals surface area (Å²) in [6.45, 7) is 2.45. The van der Waals surface area contributed by atoms with Gasteiger partial charge in [0.1, 0.15) is 12.4 Å². The largest absolute Gasteiger partial charge is 0.476 e. The monoisotopic (exact) mass is 225 g/mol. The van der Waals surface area contributed by atoms with E-state index in [0.29, 0.717) is 19.0 Å². The number of carbonyl (C=O) groups is 2. The van der Waals surface area contributed by atoms with E-state index in [0.717, 1.165) is 0 Å². The molecule has 1 aliphatic rings. The predicted molar refractivity (Wildman–Crippen MR) is 53.1 cm³/mol. The molecule has 0 radical (unpaired) electrons. The maximum absolute atomic E-state index is 11.1. The van der Waals surface area contributed by atoms with Crippen LogP contribution in [0.15, 0.2) is 0 Å². The van der Waals surface area contributed by atoms with Gasteiger partial charge in [0.25, 0.3) is 0 Å². The number of aromatic nitrogens is 2. The molecular formula is C9H11N3O4. The van der Waals surface area contributed by atoms with Crippen LogP contribution in [-0.2, 0) is 22.7 Å². The van der Waals surface area contributed by atoms with Crippen molar-refractivity contribution in [3.05, 3.63) is 11.5 Å². The third-order valence-corrected chi connectivity index (χ3v) is 2.23. The highest BCUT2D eigenvalue weighted by atomic mass is 16.5. The summed E-state index contributed by atoms with van der Waals surface area (Å²) in [5.41, 5.74) is 0.00787. The van der Waals surface area contributed by atoms with Crippen LogP contribution >= 0.6 is 0 Å². The smallest absolute Gasteiger partial charge is 0.356 e. The number of carboxylic acid groups (broad SMARTS) is 1. The van der Waals surface area contributed by atoms with E-state index in [-0.39, 0.29) is 24.0 Å². The zero-order valence-electron chi connectivity index (χ0n) is 8.69. The Morgan fingerprint density at radius 2 is 2.31 bits per heavy atom. The number of carbonyl (C=O) groups excluding carboxylic acids is 1. The molecule has 7 heteroatoms. The van der Waals surface area contributed by atoms with Crippen LogP contribution in [0.5, 0.6) is 0 Å². The molecule has 0 unspecified atom stereocenters. The predicted octanol–water partition coefficient (Wildman–Crippen LogP) is 0.0699. The molecule has 86 valence electrons. The summed E-state index contributed by atoms with van der Waals surface area (Å²) >= 11 is 0. The lowest BCUT2D eigenvalue weighted by atomic mass is 10.4. The van der Waals surface area contributed by atoms with Crippen molar-refractivity contribution in [2.24, 2.45) is 0 Å². The normalized spacial score (nSPS) is 14.3. The molecule has 0 fully saturated rings. The summed E-state index contributed by atoms with van der Waals surface area (Å²) in [5, 5.41) is 11.5. The summed E-state index contributed by atoms with van der Waals surface area (Å²) in [7, 11) is 0. The summed E-state index contributed by atoms with van der Waals surface area (Å²) in [6, 6.07) is 0. The van der Waals surface area contributed by atoms with Gasteiger partial charge in [-0.25, -0.2) is 9.78 Å². The Morgan fingerprint density at radius 1 is 1.56 bits per heavy atom. The van der Waals surface area contributed by atoms with Gasteiger partial charge in [-0.1, -0.05) is 0 Å². The van der Waals surface area contributed by atoms with Gasteiger partial charge in [-0.3, -0.25) is 4.79 Å². The standard InChI is InChI=1S/C9H11N3O4/c1-5(13)10-8-7(9(14)15)12-2-3-16-4-6(12)11-8/h2-4H2,1H3,(H,10,13)(H,14,15). The van der Waals surface area contributed by atoms with Crippen molar-refractivity contribution in [3.63, 3.8) is 0 Å². The fourth-order valence-corrected chi connectivity index (χ4v) is 1.64. The summed E-state index contributed by atoms with van der Waals surface area (Å²) < 4.78 is 6.71. The average Bonchev–Trinajstić information content (AvgIpc) is 2.53. The number of nitrogens with one attached hydrogen (secondary N) is 1. The SMILES string of the molecule is CC(=O)Nc1nc2n(c1C(=O)O)CCOC2. The van der Waals surface area contributed by atoms with E-state index < -0.39 is 5.97 Å². The van der Waals surface area contributed by atoms with Crippen molar-refractivity contribution in [2.45, 2.75) is 20.1 Å². The molecule has 1 amide bonds. The minimum Gasteiger partial charge on any atom is -0.476 e. The fraction of sp³-hybridized carbons (Fsp3) is 0.444. The number of ether oxygens (including phenoxy) is 1. The van der Waals surface area contributed by atoms with Crippen LogP contribution in [0.25, 0.3) is 0 Å². The van der Waals surface area contributed by atoms with Crippen molar-refractivity contribution >= 4 is 17.7 Å². The van der Waals surface area contributed by atoms with Gasteiger partial charge in [-0.2, -0.15) is 0 Å². The number of anilines is 1. The zero-order chi connectivity index (χ0) is 11.7. The Labute approximate surface area is 91.0 Å². The lowest BCUT2D eigenvalue weighted by Crippen LogP contribution is -2.20. The number of nitrogens with zero attached hydrogens (tertiary/aromatic N) is 2. The van der Waals surface area contributed by atoms with Gasteiger partial charge in [-0.15, -0.1) is 0 Å². The van der Waals surface area contributed by atoms with Gasteiger partial charge in [0.2, 0.25) is 5.91 Å². The maximum Gasteiger partial charge on any atom is 0.356 e. The highest BCUT2D eigenvalue weighted by molar-refractivity contribution is 5.97. The van der Waals surface area contributed by atoms with Crippen molar-refractivity contribution < 1.29 is 19.4 Å². The highest BCUT2D eigenvalue weighted by Crippen LogP contribution is 2.20. The number of imidazole rings is 1. The van der Waals surface area contributed by atoms with E-state index in [4.69, 9.17) is 9.84 Å². The van der Waals surface area contributed by atoms with Crippen LogP contribution in [0.3, 0.4) is 0 Å². The molecule has 0 aromatic carbocycles. The number of fused-ring (bicyclic) bond motifs is 1. The summed E-state index contributed by atoms with van der Waals surface area (Å²) in [6.07, 6.45) is 0. The molecule has 1 aromatic heterocycles. The highest BCUT2D eigenvalue weighted by Gasteiger charge is 2.25. The van der Waals surface area contributed by atoms with Gasteiger partial charge in [0, 0.05) is 13.5 Å². The molecule has 0 spiro atoms. The molecule has 1 aromatic rings. The molecule has 0 bridgehead atoms. The summed E-state index contributed by atoms with van der Waals surface area (Å²) in [4.78, 5) is 26.0. The second-order valence-electron chi connectivity index (χ2n) is 3.42. The number of hydrogen-bond donors (Lipinski definition) is 2. The fourth-order valence-electron chi connectivity index (χ4n) is 1.64. The first kappa shape index (κ1) is 10.6. The molecule has 2 heterocycles. The quantitative estimate of drug-likeness (QED) is 0.742. The number of hydrogen-bond acceptors (Lipinski definition) is 4. The first-order valence-electron chi connectivity index (χ1n) is 4.77. The van der Waals surface area contributed by atoms with E-state index in [2.05, 4.69) is 10.3 Å². The van der Waals surface area contributed by atoms with Crippen LogP contribution in [0.2, 0.25) is 0 Å². The Morgan fingerprint density at radius 3 is 2.94 bits per heavy atom. The third-order valence-electron chi connectivity index (χ3n) is 2.23. The Hall–Kier alpha value is -1.89. The lowest BCUT2D eigenvalue weighted by Gasteiger charge is -2.15. The topological polar surface area (TPSA) is 93.5 Å². The number of aromatic carboxylic acids is 1. The molecular weight excluding hydrogens is 214 g/mol. The molecule has 2 N–H and O–H groups in total. The van der Waals surface area contributed by atoms with Crippen molar-refractivity contribution in [1.82, 2.24) is 9.55 Å². The van der Waals surface area contributed by atoms with Crippen LogP contribution in [-0.4, -0.2) is 33.1 Å². The van der Waals surface area contributed by atoms with E-state index in [1.807, 2.05) is 0 Å². The average molecular weight is 225 g/mol. The van der Waals surface area contributed by atoms with Crippen LogP contribution in [0.4, 0.5) is 5.82 Å². The van der Waals surface area contributed by atoms with Crippen LogP contribution in [0, 0.1) is 0 Å². The van der Waals surface area contributed by atoms with Crippen molar-refractivity contribution in [1.29, 1.82) is 0 Å². The van der Waals surface area contributed by atoms with E-state index in [1.165, 1.54) is 6.92 Å². The van der Waals surface area contributed by atoms with Gasteiger partial charge in [-0.05, 0) is 0 Å². The summed E-state index contributed by atoms with van der Waals surface area (Å²) in [5.74, 6) is -0.851. The van der Waals surface area contributed by atoms with Gasteiger partial charge < -0.3 is 19.7 Å². The number of rotatable bonds is 2. The number of carboxylic acids is 1. The Balaban J connectivity index is 2.47. The third kappa shape index (κ3) is 1.76. The van der Waals surface area contributed by atoms with Crippen molar-refractivity contribution in [2.75, 3.05) is 11.9 Å². The van der Waals surface area contributed by atoms with Gasteiger partial charge in [0.15, 0.2) is 11.5 Å². The molecule has 2 rings (SSSR count). The molecule has 0 saturated carbocycles. The maximum atomic E-state index is 11.1. The second-order valence-corrected chi connectivity index (χ2v) is 3.42. The van der Waals surface area contributed by atoms with Crippen LogP contribution < -0.4 is 5.32 Å². The Bertz CT molecular complexity index is 452. The van der Waals surface area contributed by atoms with Gasteiger partial charge in [0.05, 0.1) is 6.61 Å². The van der Waals surface area contributed by atoms with Crippen LogP contribution in [0.1, 0.15) is 23.2 Å². The molecule has 0 atom stereocenters. The first-order chi connectivity index (χ1) is 7.59. The van der Waals surface area contributed by atoms with E-state index >= 15 is 0 Å². The van der Waals surface area contributed by atoms with E-state index in [1.54, 1.807) is 4.57 Å². The minimum absolute atomic E-state index is 0.00787.